The maximum absolute atomic E-state index is 13.7. The number of rotatable bonds is 5. The fourth-order valence-corrected chi connectivity index (χ4v) is 4.98. The van der Waals surface area contributed by atoms with E-state index in [0.29, 0.717) is 11.6 Å². The van der Waals surface area contributed by atoms with Crippen molar-refractivity contribution in [3.8, 4) is 0 Å². The van der Waals surface area contributed by atoms with Gasteiger partial charge in [-0.1, -0.05) is 48.4 Å². The van der Waals surface area contributed by atoms with E-state index in [-0.39, 0.29) is 0 Å². The molecule has 2 aliphatic heterocycles. The van der Waals surface area contributed by atoms with E-state index in [2.05, 4.69) is 30.8 Å². The number of nitrogens with zero attached hydrogens (tertiary/aromatic N) is 3. The molecule has 2 aromatic rings. The smallest absolute Gasteiger partial charge is 0.170 e. The first-order chi connectivity index (χ1) is 12.5. The fraction of sp³-hybridized carbons (Fsp3) is 0.350. The highest BCUT2D eigenvalue weighted by molar-refractivity contribution is 7.99. The molecule has 0 saturated carbocycles. The van der Waals surface area contributed by atoms with Crippen molar-refractivity contribution in [1.29, 1.82) is 0 Å². The summed E-state index contributed by atoms with van der Waals surface area (Å²) in [5.74, 6) is 0. The normalized spacial score (nSPS) is 20.2. The Morgan fingerprint density at radius 2 is 1.96 bits per heavy atom. The van der Waals surface area contributed by atoms with E-state index >= 15 is 0 Å². The zero-order valence-electron chi connectivity index (χ0n) is 15.3. The average Bonchev–Trinajstić information content (AvgIpc) is 2.93. The molecule has 0 aliphatic carbocycles. The van der Waals surface area contributed by atoms with Gasteiger partial charge in [0.2, 0.25) is 0 Å². The van der Waals surface area contributed by atoms with E-state index in [1.165, 1.54) is 5.56 Å². The van der Waals surface area contributed by atoms with E-state index in [1.54, 1.807) is 11.8 Å². The average molecular weight is 388 g/mol. The largest absolute Gasteiger partial charge is 0.599 e. The number of hydrogen-bond acceptors (Lipinski definition) is 4. The lowest BCUT2D eigenvalue weighted by atomic mass is 9.99. The quantitative estimate of drug-likeness (QED) is 0.455. The summed E-state index contributed by atoms with van der Waals surface area (Å²) in [6, 6.07) is 9.84. The molecule has 2 heterocycles. The van der Waals surface area contributed by atoms with Crippen molar-refractivity contribution in [2.24, 2.45) is 5.10 Å². The second kappa shape index (κ2) is 6.66. The summed E-state index contributed by atoms with van der Waals surface area (Å²) < 4.78 is -0.638. The van der Waals surface area contributed by atoms with Crippen LogP contribution in [0.4, 0.5) is 5.69 Å². The van der Waals surface area contributed by atoms with Gasteiger partial charge >= 0.3 is 0 Å². The van der Waals surface area contributed by atoms with Crippen LogP contribution in [0.15, 0.2) is 45.2 Å². The van der Waals surface area contributed by atoms with Crippen molar-refractivity contribution >= 4 is 34.8 Å². The highest BCUT2D eigenvalue weighted by Gasteiger charge is 2.40. The first-order valence-corrected chi connectivity index (χ1v) is 10.2. The predicted molar refractivity (Wildman–Crippen MR) is 110 cm³/mol. The standard InChI is InChI=1S/C20H22ClN3OS/c1-4-23(5-2)10-11-24(25)16-8-6-13(3)20-18(16)19(22-24)15-12-14(21)7-9-17(15)26-20/h6-9,12H,4-5,10-11H2,1-3H3. The lowest BCUT2D eigenvalue weighted by Gasteiger charge is -2.34. The Balaban J connectivity index is 1.83. The first-order valence-electron chi connectivity index (χ1n) is 9.00. The molecule has 4 nitrogen and oxygen atoms in total. The zero-order valence-corrected chi connectivity index (χ0v) is 16.8. The van der Waals surface area contributed by atoms with Crippen molar-refractivity contribution in [2.75, 3.05) is 26.2 Å². The van der Waals surface area contributed by atoms with E-state index in [1.807, 2.05) is 30.3 Å². The molecule has 1 atom stereocenters. The molecule has 1 unspecified atom stereocenters. The summed E-state index contributed by atoms with van der Waals surface area (Å²) in [7, 11) is 0. The monoisotopic (exact) mass is 387 g/mol. The van der Waals surface area contributed by atoms with E-state index < -0.39 is 4.76 Å². The van der Waals surface area contributed by atoms with Crippen LogP contribution in [0.5, 0.6) is 0 Å². The van der Waals surface area contributed by atoms with Gasteiger partial charge in [0.05, 0.1) is 12.1 Å². The SMILES string of the molecule is CCN(CC)CC[N+]1([O-])N=C2c3cc(Cl)ccc3Sc3c(C)ccc1c32. The van der Waals surface area contributed by atoms with Crippen LogP contribution in [0.2, 0.25) is 5.02 Å². The van der Waals surface area contributed by atoms with Gasteiger partial charge in [0.25, 0.3) is 0 Å². The number of benzene rings is 2. The Labute approximate surface area is 163 Å². The molecule has 0 N–H and O–H groups in total. The minimum absolute atomic E-state index is 0.418. The highest BCUT2D eigenvalue weighted by atomic mass is 35.5. The van der Waals surface area contributed by atoms with Crippen molar-refractivity contribution < 1.29 is 0 Å². The molecule has 0 amide bonds. The van der Waals surface area contributed by atoms with Gasteiger partial charge in [-0.15, -0.1) is 0 Å². The van der Waals surface area contributed by atoms with Gasteiger partial charge in [-0.05, 0) is 43.8 Å². The van der Waals surface area contributed by atoms with Gasteiger partial charge in [0.1, 0.15) is 12.3 Å². The Morgan fingerprint density at radius 1 is 1.19 bits per heavy atom. The van der Waals surface area contributed by atoms with Gasteiger partial charge in [0.15, 0.2) is 5.69 Å². The van der Waals surface area contributed by atoms with Crippen LogP contribution in [0, 0.1) is 12.1 Å². The molecule has 6 heteroatoms. The van der Waals surface area contributed by atoms with Crippen molar-refractivity contribution in [2.45, 2.75) is 30.6 Å². The number of hydroxylamine groups is 1. The van der Waals surface area contributed by atoms with Crippen LogP contribution in [-0.2, 0) is 0 Å². The van der Waals surface area contributed by atoms with Gasteiger partial charge in [-0.3, -0.25) is 4.90 Å². The van der Waals surface area contributed by atoms with Gasteiger partial charge in [0, 0.05) is 26.4 Å². The van der Waals surface area contributed by atoms with Gasteiger partial charge in [-0.25, -0.2) is 0 Å². The lowest BCUT2D eigenvalue weighted by Crippen LogP contribution is -2.42. The Morgan fingerprint density at radius 3 is 2.69 bits per heavy atom. The molecule has 2 aromatic carbocycles. The lowest BCUT2D eigenvalue weighted by molar-refractivity contribution is 0.261. The molecule has 0 saturated heterocycles. The molecule has 4 rings (SSSR count). The topological polar surface area (TPSA) is 38.7 Å². The zero-order chi connectivity index (χ0) is 18.5. The van der Waals surface area contributed by atoms with Crippen molar-refractivity contribution in [3.63, 3.8) is 0 Å². The molecule has 0 bridgehead atoms. The van der Waals surface area contributed by atoms with E-state index in [0.717, 1.165) is 52.0 Å². The summed E-state index contributed by atoms with van der Waals surface area (Å²) in [5.41, 5.74) is 4.70. The predicted octanol–water partition coefficient (Wildman–Crippen LogP) is 5.03. The summed E-state index contributed by atoms with van der Waals surface area (Å²) in [5, 5.41) is 19.0. The van der Waals surface area contributed by atoms with Crippen LogP contribution in [-0.4, -0.2) is 36.8 Å². The maximum Gasteiger partial charge on any atom is 0.170 e. The highest BCUT2D eigenvalue weighted by Crippen LogP contribution is 2.50. The summed E-state index contributed by atoms with van der Waals surface area (Å²) in [4.78, 5) is 4.52. The Bertz CT molecular complexity index is 910. The Kier molecular flexibility index (Phi) is 4.61. The van der Waals surface area contributed by atoms with Crippen LogP contribution in [0.3, 0.4) is 0 Å². The molecule has 0 fully saturated rings. The molecule has 0 spiro atoms. The third-order valence-corrected chi connectivity index (χ3v) is 6.77. The van der Waals surface area contributed by atoms with Crippen molar-refractivity contribution in [1.82, 2.24) is 9.66 Å². The third-order valence-electron chi connectivity index (χ3n) is 5.23. The number of likely N-dealkylation sites (N-methyl/N-ethyl adjacent to an activating group) is 1. The molecule has 26 heavy (non-hydrogen) atoms. The van der Waals surface area contributed by atoms with E-state index in [9.17, 15) is 5.21 Å². The Hall–Kier alpha value is -1.37. The van der Waals surface area contributed by atoms with Crippen LogP contribution in [0.25, 0.3) is 0 Å². The number of halogens is 1. The summed E-state index contributed by atoms with van der Waals surface area (Å²) in [6.07, 6.45) is 0. The van der Waals surface area contributed by atoms with Gasteiger partial charge in [-0.2, -0.15) is 4.76 Å². The second-order valence-corrected chi connectivity index (χ2v) is 8.24. The molecule has 0 aromatic heterocycles. The van der Waals surface area contributed by atoms with Crippen LogP contribution < -0.4 is 4.76 Å². The molecule has 2 aliphatic rings. The summed E-state index contributed by atoms with van der Waals surface area (Å²) in [6.45, 7) is 9.36. The number of hydrogen-bond donors (Lipinski definition) is 0. The first kappa shape index (κ1) is 18.0. The minimum Gasteiger partial charge on any atom is -0.599 e. The van der Waals surface area contributed by atoms with Gasteiger partial charge < -0.3 is 5.21 Å². The maximum atomic E-state index is 13.7. The molecule has 136 valence electrons. The number of quaternary nitrogens is 1. The minimum atomic E-state index is -0.638. The second-order valence-electron chi connectivity index (χ2n) is 6.75. The van der Waals surface area contributed by atoms with Crippen LogP contribution in [0.1, 0.15) is 30.5 Å². The molecular weight excluding hydrogens is 366 g/mol. The van der Waals surface area contributed by atoms with Crippen molar-refractivity contribution in [3.05, 3.63) is 57.3 Å². The van der Waals surface area contributed by atoms with E-state index in [4.69, 9.17) is 11.6 Å². The molecular formula is C20H22ClN3OS. The van der Waals surface area contributed by atoms with Crippen LogP contribution >= 0.6 is 23.4 Å². The number of fused-ring (bicyclic) bond motifs is 2. The molecule has 0 radical (unpaired) electrons. The summed E-state index contributed by atoms with van der Waals surface area (Å²) >= 11 is 7.94. The number of aryl methyl sites for hydroxylation is 1. The third kappa shape index (κ3) is 2.79. The fourth-order valence-electron chi connectivity index (χ4n) is 3.66.